The normalized spacial score (nSPS) is 26.1. The monoisotopic (exact) mass is 316 g/mol. The number of rotatable bonds is 0. The van der Waals surface area contributed by atoms with Crippen LogP contribution in [0.1, 0.15) is 18.9 Å². The molecule has 80 valence electrons. The molecule has 0 fully saturated rings. The molecule has 1 aliphatic rings. The summed E-state index contributed by atoms with van der Waals surface area (Å²) in [6.45, 7) is 1.93. The van der Waals surface area contributed by atoms with Gasteiger partial charge in [-0.2, -0.15) is 0 Å². The lowest BCUT2D eigenvalue weighted by Gasteiger charge is -2.21. The van der Waals surface area contributed by atoms with Crippen LogP contribution in [0.5, 0.6) is 5.75 Å². The predicted molar refractivity (Wildman–Crippen MR) is 67.4 cm³/mol. The maximum Gasteiger partial charge on any atom is 0.314 e. The van der Waals surface area contributed by atoms with Crippen LogP contribution in [0.25, 0.3) is 0 Å². The molecule has 0 aliphatic carbocycles. The summed E-state index contributed by atoms with van der Waals surface area (Å²) in [7, 11) is 0. The molecule has 0 N–H and O–H groups in total. The summed E-state index contributed by atoms with van der Waals surface area (Å²) in [5.41, 5.74) is 1.14. The Hall–Kier alpha value is -0.580. The minimum Gasteiger partial charge on any atom is -0.426 e. The highest BCUT2D eigenvalue weighted by Gasteiger charge is 2.24. The molecule has 1 heterocycles. The second-order valence-electron chi connectivity index (χ2n) is 3.97. The van der Waals surface area contributed by atoms with Crippen molar-refractivity contribution >= 4 is 28.6 Å². The Morgan fingerprint density at radius 2 is 2.13 bits per heavy atom. The number of para-hydroxylation sites is 1. The van der Waals surface area contributed by atoms with Crippen molar-refractivity contribution in [2.45, 2.75) is 23.7 Å². The highest BCUT2D eigenvalue weighted by atomic mass is 127. The molecule has 0 aromatic heterocycles. The molecular weight excluding hydrogens is 303 g/mol. The summed E-state index contributed by atoms with van der Waals surface area (Å²) >= 11 is 2.41. The van der Waals surface area contributed by atoms with E-state index in [9.17, 15) is 4.79 Å². The van der Waals surface area contributed by atoms with Crippen LogP contribution in [0, 0.1) is 5.92 Å². The molecule has 2 nitrogen and oxygen atoms in total. The first kappa shape index (κ1) is 10.9. The van der Waals surface area contributed by atoms with Gasteiger partial charge in [0, 0.05) is 3.92 Å². The lowest BCUT2D eigenvalue weighted by Crippen LogP contribution is -2.24. The number of esters is 1. The zero-order valence-corrected chi connectivity index (χ0v) is 10.7. The van der Waals surface area contributed by atoms with Crippen LogP contribution in [0.3, 0.4) is 0 Å². The highest BCUT2D eigenvalue weighted by Crippen LogP contribution is 2.28. The summed E-state index contributed by atoms with van der Waals surface area (Å²) in [4.78, 5) is 11.6. The Labute approximate surface area is 103 Å². The van der Waals surface area contributed by atoms with Crippen molar-refractivity contribution in [1.29, 1.82) is 0 Å². The molecular formula is C12H13IO2. The quantitative estimate of drug-likeness (QED) is 0.318. The van der Waals surface area contributed by atoms with E-state index in [0.717, 1.165) is 24.2 Å². The van der Waals surface area contributed by atoms with Crippen LogP contribution < -0.4 is 4.74 Å². The van der Waals surface area contributed by atoms with Crippen molar-refractivity contribution in [1.82, 2.24) is 0 Å². The molecule has 3 heteroatoms. The Morgan fingerprint density at radius 1 is 1.40 bits per heavy atom. The average molecular weight is 316 g/mol. The molecule has 0 saturated heterocycles. The average Bonchev–Trinajstić information content (AvgIpc) is 2.19. The number of carbonyl (C=O) groups excluding carboxylic acids is 1. The zero-order valence-electron chi connectivity index (χ0n) is 8.57. The molecule has 0 radical (unpaired) electrons. The van der Waals surface area contributed by atoms with Gasteiger partial charge in [0.15, 0.2) is 0 Å². The first-order chi connectivity index (χ1) is 7.16. The van der Waals surface area contributed by atoms with Gasteiger partial charge in [-0.15, -0.1) is 0 Å². The van der Waals surface area contributed by atoms with Gasteiger partial charge >= 0.3 is 5.97 Å². The Kier molecular flexibility index (Phi) is 3.29. The molecule has 2 rings (SSSR count). The summed E-state index contributed by atoms with van der Waals surface area (Å²) in [6, 6.07) is 7.79. The topological polar surface area (TPSA) is 26.3 Å². The van der Waals surface area contributed by atoms with Gasteiger partial charge in [-0.05, 0) is 24.5 Å². The van der Waals surface area contributed by atoms with E-state index in [-0.39, 0.29) is 11.9 Å². The third kappa shape index (κ3) is 2.51. The minimum atomic E-state index is -0.108. The lowest BCUT2D eigenvalue weighted by atomic mass is 9.99. The van der Waals surface area contributed by atoms with E-state index >= 15 is 0 Å². The van der Waals surface area contributed by atoms with Gasteiger partial charge in [0.25, 0.3) is 0 Å². The number of carbonyl (C=O) groups is 1. The number of hydrogen-bond donors (Lipinski definition) is 0. The number of halogens is 1. The highest BCUT2D eigenvalue weighted by molar-refractivity contribution is 14.1. The van der Waals surface area contributed by atoms with Crippen LogP contribution >= 0.6 is 22.6 Å². The molecule has 0 saturated carbocycles. The SMILES string of the molecule is CC1CC(I)Cc2ccccc2OC1=O. The molecule has 0 bridgehead atoms. The van der Waals surface area contributed by atoms with E-state index in [1.807, 2.05) is 31.2 Å². The van der Waals surface area contributed by atoms with Gasteiger partial charge in [-0.3, -0.25) is 4.79 Å². The zero-order chi connectivity index (χ0) is 10.8. The van der Waals surface area contributed by atoms with Crippen molar-refractivity contribution in [3.05, 3.63) is 29.8 Å². The molecule has 1 aromatic carbocycles. The van der Waals surface area contributed by atoms with Crippen LogP contribution in [0.2, 0.25) is 0 Å². The van der Waals surface area contributed by atoms with Gasteiger partial charge in [-0.1, -0.05) is 47.7 Å². The van der Waals surface area contributed by atoms with Crippen molar-refractivity contribution in [3.8, 4) is 5.75 Å². The summed E-state index contributed by atoms with van der Waals surface area (Å²) in [5.74, 6) is 0.625. The predicted octanol–water partition coefficient (Wildman–Crippen LogP) is 2.98. The van der Waals surface area contributed by atoms with Gasteiger partial charge in [0.1, 0.15) is 5.75 Å². The summed E-state index contributed by atoms with van der Waals surface area (Å²) in [5, 5.41) is 0. The minimum absolute atomic E-state index is 0.000237. The van der Waals surface area contributed by atoms with Crippen LogP contribution in [-0.2, 0) is 11.2 Å². The smallest absolute Gasteiger partial charge is 0.314 e. The number of benzene rings is 1. The fourth-order valence-corrected chi connectivity index (χ4v) is 3.02. The molecule has 1 aromatic rings. The standard InChI is InChI=1S/C12H13IO2/c1-8-6-10(13)7-9-4-2-3-5-11(9)15-12(8)14/h2-5,8,10H,6-7H2,1H3. The van der Waals surface area contributed by atoms with Gasteiger partial charge < -0.3 is 4.74 Å². The van der Waals surface area contributed by atoms with Crippen LogP contribution in [0.15, 0.2) is 24.3 Å². The summed E-state index contributed by atoms with van der Waals surface area (Å²) < 4.78 is 5.86. The first-order valence-electron chi connectivity index (χ1n) is 5.10. The lowest BCUT2D eigenvalue weighted by molar-refractivity contribution is -0.138. The third-order valence-electron chi connectivity index (χ3n) is 2.64. The van der Waals surface area contributed by atoms with Gasteiger partial charge in [0.05, 0.1) is 5.92 Å². The number of hydrogen-bond acceptors (Lipinski definition) is 2. The van der Waals surface area contributed by atoms with Crippen LogP contribution in [-0.4, -0.2) is 9.89 Å². The van der Waals surface area contributed by atoms with Crippen molar-refractivity contribution in [2.75, 3.05) is 0 Å². The maximum atomic E-state index is 11.6. The molecule has 0 amide bonds. The number of fused-ring (bicyclic) bond motifs is 1. The Morgan fingerprint density at radius 3 is 2.93 bits per heavy atom. The van der Waals surface area contributed by atoms with E-state index < -0.39 is 0 Å². The Bertz CT molecular complexity index is 376. The maximum absolute atomic E-state index is 11.6. The number of ether oxygens (including phenoxy) is 1. The molecule has 1 aliphatic heterocycles. The van der Waals surface area contributed by atoms with Gasteiger partial charge in [-0.25, -0.2) is 0 Å². The Balaban J connectivity index is 2.34. The second-order valence-corrected chi connectivity index (χ2v) is 5.73. The van der Waals surface area contributed by atoms with E-state index in [2.05, 4.69) is 22.6 Å². The van der Waals surface area contributed by atoms with E-state index in [1.54, 1.807) is 0 Å². The van der Waals surface area contributed by atoms with Crippen molar-refractivity contribution in [2.24, 2.45) is 5.92 Å². The largest absolute Gasteiger partial charge is 0.426 e. The third-order valence-corrected chi connectivity index (χ3v) is 3.59. The molecule has 2 atom stereocenters. The van der Waals surface area contributed by atoms with Gasteiger partial charge in [0.2, 0.25) is 0 Å². The van der Waals surface area contributed by atoms with E-state index in [0.29, 0.717) is 3.92 Å². The van der Waals surface area contributed by atoms with Crippen molar-refractivity contribution < 1.29 is 9.53 Å². The van der Waals surface area contributed by atoms with E-state index in [1.165, 1.54) is 0 Å². The second kappa shape index (κ2) is 4.51. The molecule has 15 heavy (non-hydrogen) atoms. The fourth-order valence-electron chi connectivity index (χ4n) is 1.78. The summed E-state index contributed by atoms with van der Waals surface area (Å²) in [6.07, 6.45) is 1.88. The first-order valence-corrected chi connectivity index (χ1v) is 6.35. The van der Waals surface area contributed by atoms with Crippen molar-refractivity contribution in [3.63, 3.8) is 0 Å². The van der Waals surface area contributed by atoms with E-state index in [4.69, 9.17) is 4.74 Å². The molecule has 2 unspecified atom stereocenters. The molecule has 0 spiro atoms. The fraction of sp³-hybridized carbons (Fsp3) is 0.417. The van der Waals surface area contributed by atoms with Crippen LogP contribution in [0.4, 0.5) is 0 Å². The number of alkyl halides is 1.